The molecule has 66 valence electrons. The number of primary amides is 1. The third-order valence-corrected chi connectivity index (χ3v) is 2.74. The van der Waals surface area contributed by atoms with E-state index in [1.165, 1.54) is 12.0 Å². The van der Waals surface area contributed by atoms with Crippen LogP contribution in [0, 0.1) is 5.92 Å². The summed E-state index contributed by atoms with van der Waals surface area (Å²) in [7, 11) is 0. The van der Waals surface area contributed by atoms with Gasteiger partial charge in [0.1, 0.15) is 0 Å². The monoisotopic (exact) mass is 175 g/mol. The van der Waals surface area contributed by atoms with E-state index in [-0.39, 0.29) is 0 Å². The first-order valence-corrected chi connectivity index (χ1v) is 4.33. The summed E-state index contributed by atoms with van der Waals surface area (Å²) >= 11 is 0. The summed E-state index contributed by atoms with van der Waals surface area (Å²) in [5.41, 5.74) is 8.97. The molecule has 4 nitrogen and oxygen atoms in total. The molecule has 1 saturated carbocycles. The van der Waals surface area contributed by atoms with E-state index in [9.17, 15) is 4.79 Å². The molecule has 3 rings (SSSR count). The van der Waals surface area contributed by atoms with Crippen LogP contribution in [0.1, 0.15) is 28.2 Å². The Morgan fingerprint density at radius 2 is 2.46 bits per heavy atom. The predicted octanol–water partition coefficient (Wildman–Crippen LogP) is 0.468. The average Bonchev–Trinajstić information content (AvgIpc) is 2.70. The fraction of sp³-hybridized carbons (Fsp3) is 0.333. The van der Waals surface area contributed by atoms with Crippen molar-refractivity contribution in [2.45, 2.75) is 12.8 Å². The van der Waals surface area contributed by atoms with Crippen LogP contribution >= 0.6 is 0 Å². The molecule has 0 saturated heterocycles. The number of rotatable bonds is 1. The zero-order valence-corrected chi connectivity index (χ0v) is 7.00. The van der Waals surface area contributed by atoms with E-state index in [2.05, 4.69) is 10.2 Å². The SMILES string of the molecule is NC(=O)c1n[nH]c2c1C=C1CC1C2. The highest BCUT2D eigenvalue weighted by atomic mass is 16.1. The summed E-state index contributed by atoms with van der Waals surface area (Å²) < 4.78 is 0. The smallest absolute Gasteiger partial charge is 0.269 e. The Labute approximate surface area is 74.8 Å². The zero-order valence-electron chi connectivity index (χ0n) is 7.00. The number of H-pyrrole nitrogens is 1. The van der Waals surface area contributed by atoms with Crippen LogP contribution < -0.4 is 5.73 Å². The molecule has 0 radical (unpaired) electrons. The molecule has 0 aromatic carbocycles. The summed E-state index contributed by atoms with van der Waals surface area (Å²) in [6, 6.07) is 0. The number of nitrogens with two attached hydrogens (primary N) is 1. The van der Waals surface area contributed by atoms with Crippen LogP contribution in [-0.4, -0.2) is 16.1 Å². The zero-order chi connectivity index (χ0) is 9.00. The molecule has 0 bridgehead atoms. The van der Waals surface area contributed by atoms with E-state index in [4.69, 9.17) is 5.73 Å². The average molecular weight is 175 g/mol. The third-order valence-electron chi connectivity index (χ3n) is 2.74. The molecule has 1 aromatic heterocycles. The maximum absolute atomic E-state index is 11.0. The molecule has 2 aliphatic rings. The van der Waals surface area contributed by atoms with Crippen LogP contribution in [0.2, 0.25) is 0 Å². The molecule has 1 fully saturated rings. The minimum atomic E-state index is -0.451. The second kappa shape index (κ2) is 2.02. The van der Waals surface area contributed by atoms with Crippen LogP contribution in [0.25, 0.3) is 6.08 Å². The minimum Gasteiger partial charge on any atom is -0.364 e. The van der Waals surface area contributed by atoms with Crippen molar-refractivity contribution in [3.63, 3.8) is 0 Å². The van der Waals surface area contributed by atoms with Crippen molar-refractivity contribution in [1.82, 2.24) is 10.2 Å². The lowest BCUT2D eigenvalue weighted by atomic mass is 10.0. The lowest BCUT2D eigenvalue weighted by molar-refractivity contribution is 0.0995. The number of aromatic amines is 1. The number of carbonyl (C=O) groups is 1. The number of fused-ring (bicyclic) bond motifs is 2. The van der Waals surface area contributed by atoms with Gasteiger partial charge < -0.3 is 5.73 Å². The predicted molar refractivity (Wildman–Crippen MR) is 46.9 cm³/mol. The van der Waals surface area contributed by atoms with Crippen molar-refractivity contribution in [2.24, 2.45) is 11.7 Å². The fourth-order valence-electron chi connectivity index (χ4n) is 1.92. The quantitative estimate of drug-likeness (QED) is 0.651. The van der Waals surface area contributed by atoms with Crippen LogP contribution in [-0.2, 0) is 6.42 Å². The minimum absolute atomic E-state index is 0.382. The molecule has 13 heavy (non-hydrogen) atoms. The molecule has 1 atom stereocenters. The van der Waals surface area contributed by atoms with Crippen molar-refractivity contribution >= 4 is 12.0 Å². The Hall–Kier alpha value is -1.58. The molecule has 2 aliphatic carbocycles. The van der Waals surface area contributed by atoms with E-state index >= 15 is 0 Å². The van der Waals surface area contributed by atoms with Crippen molar-refractivity contribution in [3.05, 3.63) is 22.5 Å². The number of allylic oxidation sites excluding steroid dienone is 1. The molecule has 4 heteroatoms. The maximum atomic E-state index is 11.0. The maximum Gasteiger partial charge on any atom is 0.269 e. The van der Waals surface area contributed by atoms with Crippen LogP contribution in [0.15, 0.2) is 5.57 Å². The summed E-state index contributed by atoms with van der Waals surface area (Å²) in [6.07, 6.45) is 4.20. The Kier molecular flexibility index (Phi) is 1.07. The molecule has 0 spiro atoms. The van der Waals surface area contributed by atoms with E-state index in [0.29, 0.717) is 11.6 Å². The molecule has 1 amide bonds. The second-order valence-corrected chi connectivity index (χ2v) is 3.65. The Morgan fingerprint density at radius 3 is 3.23 bits per heavy atom. The molecular formula is C9H9N3O. The third kappa shape index (κ3) is 0.854. The highest BCUT2D eigenvalue weighted by molar-refractivity contribution is 5.95. The first-order chi connectivity index (χ1) is 6.25. The van der Waals surface area contributed by atoms with Gasteiger partial charge in [0.15, 0.2) is 5.69 Å². The van der Waals surface area contributed by atoms with Gasteiger partial charge in [-0.2, -0.15) is 5.10 Å². The lowest BCUT2D eigenvalue weighted by Crippen LogP contribution is -2.13. The number of carbonyl (C=O) groups excluding carboxylic acids is 1. The van der Waals surface area contributed by atoms with E-state index in [1.54, 1.807) is 0 Å². The molecule has 1 aromatic rings. The van der Waals surface area contributed by atoms with E-state index < -0.39 is 5.91 Å². The second-order valence-electron chi connectivity index (χ2n) is 3.65. The summed E-state index contributed by atoms with van der Waals surface area (Å²) in [5.74, 6) is 0.252. The van der Waals surface area contributed by atoms with E-state index in [1.807, 2.05) is 6.08 Å². The van der Waals surface area contributed by atoms with Crippen molar-refractivity contribution in [2.75, 3.05) is 0 Å². The van der Waals surface area contributed by atoms with Gasteiger partial charge in [-0.25, -0.2) is 0 Å². The normalized spacial score (nSPS) is 23.1. The lowest BCUT2D eigenvalue weighted by Gasteiger charge is -2.02. The Morgan fingerprint density at radius 1 is 1.62 bits per heavy atom. The van der Waals surface area contributed by atoms with Crippen molar-refractivity contribution in [1.29, 1.82) is 0 Å². The van der Waals surface area contributed by atoms with Gasteiger partial charge in [-0.05, 0) is 18.8 Å². The molecule has 1 unspecified atom stereocenters. The topological polar surface area (TPSA) is 71.8 Å². The molecule has 1 heterocycles. The highest BCUT2D eigenvalue weighted by Crippen LogP contribution is 2.45. The highest BCUT2D eigenvalue weighted by Gasteiger charge is 2.35. The number of amides is 1. The summed E-state index contributed by atoms with van der Waals surface area (Å²) in [6.45, 7) is 0. The first-order valence-electron chi connectivity index (χ1n) is 4.33. The van der Waals surface area contributed by atoms with Crippen molar-refractivity contribution in [3.8, 4) is 0 Å². The van der Waals surface area contributed by atoms with Crippen LogP contribution in [0.3, 0.4) is 0 Å². The Bertz CT molecular complexity index is 430. The van der Waals surface area contributed by atoms with Crippen LogP contribution in [0.4, 0.5) is 0 Å². The van der Waals surface area contributed by atoms with Gasteiger partial charge in [-0.3, -0.25) is 9.89 Å². The standard InChI is InChI=1S/C9H9N3O/c10-9(13)8-6-2-4-1-5(4)3-7(6)11-12-8/h2,5H,1,3H2,(H2,10,13)(H,11,12). The van der Waals surface area contributed by atoms with Crippen molar-refractivity contribution < 1.29 is 4.79 Å². The number of nitrogens with zero attached hydrogens (tertiary/aromatic N) is 1. The van der Waals surface area contributed by atoms with Crippen LogP contribution in [0.5, 0.6) is 0 Å². The number of hydrogen-bond acceptors (Lipinski definition) is 2. The number of nitrogens with one attached hydrogen (secondary N) is 1. The first kappa shape index (κ1) is 6.88. The summed E-state index contributed by atoms with van der Waals surface area (Å²) in [5, 5.41) is 6.78. The molecule has 3 N–H and O–H groups in total. The fourth-order valence-corrected chi connectivity index (χ4v) is 1.92. The molecular weight excluding hydrogens is 166 g/mol. The van der Waals surface area contributed by atoms with Gasteiger partial charge in [0.25, 0.3) is 5.91 Å². The largest absolute Gasteiger partial charge is 0.364 e. The van der Waals surface area contributed by atoms with Gasteiger partial charge in [0.2, 0.25) is 0 Å². The number of hydrogen-bond donors (Lipinski definition) is 2. The van der Waals surface area contributed by atoms with Gasteiger partial charge in [-0.15, -0.1) is 0 Å². The van der Waals surface area contributed by atoms with Gasteiger partial charge in [-0.1, -0.05) is 11.6 Å². The summed E-state index contributed by atoms with van der Waals surface area (Å²) in [4.78, 5) is 11.0. The number of aromatic nitrogens is 2. The van der Waals surface area contributed by atoms with Gasteiger partial charge in [0, 0.05) is 11.3 Å². The van der Waals surface area contributed by atoms with Gasteiger partial charge in [0.05, 0.1) is 0 Å². The van der Waals surface area contributed by atoms with E-state index in [0.717, 1.165) is 17.7 Å². The molecule has 0 aliphatic heterocycles. The Balaban J connectivity index is 2.17. The van der Waals surface area contributed by atoms with Gasteiger partial charge >= 0.3 is 0 Å².